The van der Waals surface area contributed by atoms with Gasteiger partial charge in [-0.05, 0) is 13.0 Å². The first-order valence-electron chi connectivity index (χ1n) is 4.71. The van der Waals surface area contributed by atoms with Crippen LogP contribution in [0.25, 0.3) is 0 Å². The van der Waals surface area contributed by atoms with Crippen molar-refractivity contribution in [1.82, 2.24) is 5.32 Å². The highest BCUT2D eigenvalue weighted by molar-refractivity contribution is 7.10. The molecule has 0 saturated heterocycles. The molecule has 0 unspecified atom stereocenters. The summed E-state index contributed by atoms with van der Waals surface area (Å²) in [4.78, 5) is 11.9. The topological polar surface area (TPSA) is 55.1 Å². The van der Waals surface area contributed by atoms with Crippen molar-refractivity contribution in [2.75, 3.05) is 6.54 Å². The molecule has 3 N–H and O–H groups in total. The fraction of sp³-hybridized carbons (Fsp3) is 0.364. The molecule has 1 amide bonds. The Morgan fingerprint density at radius 2 is 2.47 bits per heavy atom. The van der Waals surface area contributed by atoms with Crippen LogP contribution < -0.4 is 11.1 Å². The molecule has 1 aromatic heterocycles. The van der Waals surface area contributed by atoms with E-state index in [-0.39, 0.29) is 5.91 Å². The molecular weight excluding hydrogens is 208 g/mol. The molecule has 0 radical (unpaired) electrons. The zero-order valence-corrected chi connectivity index (χ0v) is 9.49. The quantitative estimate of drug-likeness (QED) is 0.583. The highest BCUT2D eigenvalue weighted by Gasteiger charge is 2.03. The van der Waals surface area contributed by atoms with Crippen molar-refractivity contribution in [3.8, 4) is 11.8 Å². The molecule has 0 atom stereocenters. The van der Waals surface area contributed by atoms with E-state index in [1.54, 1.807) is 16.7 Å². The molecule has 4 heteroatoms. The molecule has 0 fully saturated rings. The van der Waals surface area contributed by atoms with E-state index in [2.05, 4.69) is 17.2 Å². The Balaban J connectivity index is 2.30. The summed E-state index contributed by atoms with van der Waals surface area (Å²) < 4.78 is 0. The summed E-state index contributed by atoms with van der Waals surface area (Å²) >= 11 is 1.54. The van der Waals surface area contributed by atoms with Gasteiger partial charge < -0.3 is 11.1 Å². The van der Waals surface area contributed by atoms with Gasteiger partial charge in [0.25, 0.3) is 0 Å². The highest BCUT2D eigenvalue weighted by Crippen LogP contribution is 2.13. The Labute approximate surface area is 93.7 Å². The lowest BCUT2D eigenvalue weighted by Crippen LogP contribution is -2.13. The number of carbonyl (C=O) groups excluding carboxylic acids is 1. The minimum absolute atomic E-state index is 0.366. The standard InChI is InChI=1S/C11H14N2OS/c1-2-3-4-5-13-7-10-6-9(8-15-10)11(12)14/h6,8,13H,4-5,7H2,1H3,(H2,12,14). The van der Waals surface area contributed by atoms with E-state index in [1.807, 2.05) is 13.0 Å². The van der Waals surface area contributed by atoms with Gasteiger partial charge in [-0.25, -0.2) is 0 Å². The van der Waals surface area contributed by atoms with Crippen LogP contribution in [-0.2, 0) is 6.54 Å². The molecular formula is C11H14N2OS. The summed E-state index contributed by atoms with van der Waals surface area (Å²) in [5.41, 5.74) is 5.74. The molecule has 0 aliphatic rings. The molecule has 3 nitrogen and oxygen atoms in total. The predicted octanol–water partition coefficient (Wildman–Crippen LogP) is 1.35. The summed E-state index contributed by atoms with van der Waals surface area (Å²) in [6.07, 6.45) is 0.852. The Morgan fingerprint density at radius 1 is 1.67 bits per heavy atom. The Morgan fingerprint density at radius 3 is 3.07 bits per heavy atom. The van der Waals surface area contributed by atoms with E-state index in [1.165, 1.54) is 0 Å². The minimum atomic E-state index is -0.366. The van der Waals surface area contributed by atoms with E-state index >= 15 is 0 Å². The number of primary amides is 1. The van der Waals surface area contributed by atoms with Gasteiger partial charge in [0.05, 0.1) is 5.56 Å². The zero-order chi connectivity index (χ0) is 11.1. The van der Waals surface area contributed by atoms with Gasteiger partial charge in [-0.15, -0.1) is 23.2 Å². The summed E-state index contributed by atoms with van der Waals surface area (Å²) in [5, 5.41) is 5.03. The highest BCUT2D eigenvalue weighted by atomic mass is 32.1. The molecule has 15 heavy (non-hydrogen) atoms. The number of rotatable bonds is 5. The monoisotopic (exact) mass is 222 g/mol. The Bertz CT molecular complexity index is 387. The van der Waals surface area contributed by atoms with Gasteiger partial charge in [0.1, 0.15) is 0 Å². The second kappa shape index (κ2) is 6.23. The van der Waals surface area contributed by atoms with Crippen molar-refractivity contribution in [3.05, 3.63) is 21.9 Å². The summed E-state index contributed by atoms with van der Waals surface area (Å²) in [6, 6.07) is 1.82. The first kappa shape index (κ1) is 11.8. The maximum Gasteiger partial charge on any atom is 0.249 e. The molecule has 0 spiro atoms. The van der Waals surface area contributed by atoms with Crippen molar-refractivity contribution in [3.63, 3.8) is 0 Å². The first-order valence-corrected chi connectivity index (χ1v) is 5.59. The SMILES string of the molecule is CC#CCCNCc1cc(C(N)=O)cs1. The molecule has 0 aliphatic heterocycles. The van der Waals surface area contributed by atoms with Gasteiger partial charge in [0.2, 0.25) is 5.91 Å². The number of carbonyl (C=O) groups is 1. The maximum absolute atomic E-state index is 10.8. The first-order chi connectivity index (χ1) is 7.24. The van der Waals surface area contributed by atoms with Gasteiger partial charge in [0, 0.05) is 29.8 Å². The van der Waals surface area contributed by atoms with Crippen LogP contribution in [0.3, 0.4) is 0 Å². The summed E-state index contributed by atoms with van der Waals surface area (Å²) in [6.45, 7) is 3.46. The van der Waals surface area contributed by atoms with E-state index in [4.69, 9.17) is 5.73 Å². The lowest BCUT2D eigenvalue weighted by Gasteiger charge is -1.98. The van der Waals surface area contributed by atoms with Crippen LogP contribution in [0.15, 0.2) is 11.4 Å². The van der Waals surface area contributed by atoms with E-state index in [0.29, 0.717) is 5.56 Å². The smallest absolute Gasteiger partial charge is 0.249 e. The van der Waals surface area contributed by atoms with Gasteiger partial charge in [-0.3, -0.25) is 4.79 Å². The van der Waals surface area contributed by atoms with Crippen LogP contribution in [0.5, 0.6) is 0 Å². The number of nitrogens with one attached hydrogen (secondary N) is 1. The van der Waals surface area contributed by atoms with Crippen LogP contribution in [0, 0.1) is 11.8 Å². The molecule has 1 rings (SSSR count). The van der Waals surface area contributed by atoms with Gasteiger partial charge >= 0.3 is 0 Å². The average molecular weight is 222 g/mol. The van der Waals surface area contributed by atoms with Crippen molar-refractivity contribution in [2.45, 2.75) is 19.9 Å². The van der Waals surface area contributed by atoms with Crippen LogP contribution in [-0.4, -0.2) is 12.5 Å². The van der Waals surface area contributed by atoms with Gasteiger partial charge in [-0.2, -0.15) is 0 Å². The van der Waals surface area contributed by atoms with Gasteiger partial charge in [-0.1, -0.05) is 0 Å². The van der Waals surface area contributed by atoms with Crippen molar-refractivity contribution in [2.24, 2.45) is 5.73 Å². The molecule has 1 heterocycles. The largest absolute Gasteiger partial charge is 0.366 e. The lowest BCUT2D eigenvalue weighted by atomic mass is 10.3. The van der Waals surface area contributed by atoms with E-state index in [0.717, 1.165) is 24.4 Å². The molecule has 0 aliphatic carbocycles. The van der Waals surface area contributed by atoms with Gasteiger partial charge in [0.15, 0.2) is 0 Å². The average Bonchev–Trinajstić information content (AvgIpc) is 2.66. The minimum Gasteiger partial charge on any atom is -0.366 e. The van der Waals surface area contributed by atoms with Crippen LogP contribution in [0.2, 0.25) is 0 Å². The van der Waals surface area contributed by atoms with Crippen LogP contribution in [0.1, 0.15) is 28.6 Å². The van der Waals surface area contributed by atoms with Crippen LogP contribution in [0.4, 0.5) is 0 Å². The second-order valence-corrected chi connectivity index (χ2v) is 4.02. The van der Waals surface area contributed by atoms with Crippen LogP contribution >= 0.6 is 11.3 Å². The van der Waals surface area contributed by atoms with E-state index in [9.17, 15) is 4.79 Å². The molecule has 1 aromatic rings. The fourth-order valence-electron chi connectivity index (χ4n) is 1.09. The van der Waals surface area contributed by atoms with E-state index < -0.39 is 0 Å². The number of hydrogen-bond acceptors (Lipinski definition) is 3. The fourth-order valence-corrected chi connectivity index (χ4v) is 1.93. The number of amides is 1. The third-order valence-electron chi connectivity index (χ3n) is 1.84. The second-order valence-electron chi connectivity index (χ2n) is 3.02. The third kappa shape index (κ3) is 4.15. The predicted molar refractivity (Wildman–Crippen MR) is 62.6 cm³/mol. The molecule has 80 valence electrons. The number of nitrogens with two attached hydrogens (primary N) is 1. The Kier molecular flexibility index (Phi) is 4.88. The number of thiophene rings is 1. The van der Waals surface area contributed by atoms with Crippen molar-refractivity contribution >= 4 is 17.2 Å². The summed E-state index contributed by atoms with van der Waals surface area (Å²) in [5.74, 6) is 5.45. The molecule has 0 aromatic carbocycles. The molecule has 0 bridgehead atoms. The Hall–Kier alpha value is -1.31. The summed E-state index contributed by atoms with van der Waals surface area (Å²) in [7, 11) is 0. The number of hydrogen-bond donors (Lipinski definition) is 2. The molecule has 0 saturated carbocycles. The van der Waals surface area contributed by atoms with Crippen molar-refractivity contribution < 1.29 is 4.79 Å². The third-order valence-corrected chi connectivity index (χ3v) is 2.78. The maximum atomic E-state index is 10.8. The van der Waals surface area contributed by atoms with Crippen molar-refractivity contribution in [1.29, 1.82) is 0 Å². The normalized spacial score (nSPS) is 9.40. The zero-order valence-electron chi connectivity index (χ0n) is 8.67. The lowest BCUT2D eigenvalue weighted by molar-refractivity contribution is 0.100.